The largest absolute Gasteiger partial charge is 0.476 e. The number of nitrogens with two attached hydrogens (primary N) is 1. The van der Waals surface area contributed by atoms with Gasteiger partial charge in [-0.1, -0.05) is 48.5 Å². The highest BCUT2D eigenvalue weighted by atomic mass is 16.5. The molecule has 3 aromatic carbocycles. The number of primary amides is 1. The third-order valence-corrected chi connectivity index (χ3v) is 3.76. The van der Waals surface area contributed by atoms with Crippen LogP contribution in [0, 0.1) is 0 Å². The molecule has 0 heterocycles. The van der Waals surface area contributed by atoms with Crippen LogP contribution in [0.3, 0.4) is 0 Å². The number of hydrogen-bond donors (Lipinski definition) is 3. The van der Waals surface area contributed by atoms with Gasteiger partial charge in [-0.3, -0.25) is 4.79 Å². The summed E-state index contributed by atoms with van der Waals surface area (Å²) in [7, 11) is 0. The van der Waals surface area contributed by atoms with Gasteiger partial charge in [0.15, 0.2) is 0 Å². The normalized spacial score (nSPS) is 11.3. The number of carbonyl (C=O) groups excluding carboxylic acids is 2. The Kier molecular flexibility index (Phi) is 5.69. The Hall–Kier alpha value is -3.80. The number of carbonyl (C=O) groups is 2. The van der Waals surface area contributed by atoms with Crippen LogP contribution in [0.15, 0.2) is 84.9 Å². The Morgan fingerprint density at radius 3 is 1.81 bits per heavy atom. The van der Waals surface area contributed by atoms with Gasteiger partial charge in [-0.15, -0.1) is 0 Å². The van der Waals surface area contributed by atoms with Gasteiger partial charge >= 0.3 is 6.03 Å². The van der Waals surface area contributed by atoms with Gasteiger partial charge in [-0.2, -0.15) is 0 Å². The first-order valence-electron chi connectivity index (χ1n) is 8.36. The van der Waals surface area contributed by atoms with Crippen LogP contribution in [-0.4, -0.2) is 11.9 Å². The number of para-hydroxylation sites is 1. The van der Waals surface area contributed by atoms with Crippen molar-refractivity contribution in [2.45, 2.75) is 6.10 Å². The first-order valence-corrected chi connectivity index (χ1v) is 8.36. The molecular weight excluding hydrogens is 342 g/mol. The molecule has 0 spiro atoms. The molecule has 0 aliphatic rings. The Labute approximate surface area is 157 Å². The quantitative estimate of drug-likeness (QED) is 0.621. The fraction of sp³-hybridized carbons (Fsp3) is 0.0476. The molecule has 3 amide bonds. The second-order valence-electron chi connectivity index (χ2n) is 5.78. The van der Waals surface area contributed by atoms with Gasteiger partial charge in [0, 0.05) is 16.9 Å². The van der Waals surface area contributed by atoms with Crippen molar-refractivity contribution in [3.05, 3.63) is 90.5 Å². The average molecular weight is 361 g/mol. The highest BCUT2D eigenvalue weighted by Gasteiger charge is 2.22. The Bertz CT molecular complexity index is 897. The Balaban J connectivity index is 1.77. The van der Waals surface area contributed by atoms with Crippen LogP contribution in [0.5, 0.6) is 5.75 Å². The molecule has 0 saturated heterocycles. The number of hydrogen-bond acceptors (Lipinski definition) is 3. The summed E-state index contributed by atoms with van der Waals surface area (Å²) < 4.78 is 5.93. The van der Waals surface area contributed by atoms with Gasteiger partial charge in [0.25, 0.3) is 5.91 Å². The first-order chi connectivity index (χ1) is 13.1. The maximum atomic E-state index is 12.9. The average Bonchev–Trinajstić information content (AvgIpc) is 2.68. The predicted octanol–water partition coefficient (Wildman–Crippen LogP) is 3.94. The predicted molar refractivity (Wildman–Crippen MR) is 105 cm³/mol. The van der Waals surface area contributed by atoms with Gasteiger partial charge in [0.2, 0.25) is 6.10 Å². The number of rotatable bonds is 6. The minimum absolute atomic E-state index is 0.305. The number of anilines is 2. The Morgan fingerprint density at radius 2 is 1.26 bits per heavy atom. The van der Waals surface area contributed by atoms with E-state index >= 15 is 0 Å². The summed E-state index contributed by atoms with van der Waals surface area (Å²) in [6, 6.07) is 24.4. The van der Waals surface area contributed by atoms with E-state index in [1.54, 1.807) is 36.4 Å². The molecule has 1 unspecified atom stereocenters. The van der Waals surface area contributed by atoms with Crippen LogP contribution in [-0.2, 0) is 4.79 Å². The van der Waals surface area contributed by atoms with E-state index in [-0.39, 0.29) is 5.91 Å². The fourth-order valence-electron chi connectivity index (χ4n) is 2.52. The molecule has 0 aliphatic heterocycles. The monoisotopic (exact) mass is 361 g/mol. The molecule has 0 fully saturated rings. The third-order valence-electron chi connectivity index (χ3n) is 3.76. The summed E-state index contributed by atoms with van der Waals surface area (Å²) in [5.41, 5.74) is 6.94. The van der Waals surface area contributed by atoms with Crippen molar-refractivity contribution < 1.29 is 14.3 Å². The van der Waals surface area contributed by atoms with Crippen molar-refractivity contribution >= 4 is 23.3 Å². The van der Waals surface area contributed by atoms with Gasteiger partial charge in [0.05, 0.1) is 0 Å². The highest BCUT2D eigenvalue weighted by molar-refractivity contribution is 5.95. The van der Waals surface area contributed by atoms with Crippen molar-refractivity contribution in [1.29, 1.82) is 0 Å². The van der Waals surface area contributed by atoms with E-state index in [4.69, 9.17) is 10.5 Å². The molecule has 27 heavy (non-hydrogen) atoms. The molecule has 0 bridgehead atoms. The molecule has 4 N–H and O–H groups in total. The molecule has 6 heteroatoms. The summed E-state index contributed by atoms with van der Waals surface area (Å²) in [6.45, 7) is 0. The molecule has 1 atom stereocenters. The van der Waals surface area contributed by atoms with Crippen LogP contribution in [0.25, 0.3) is 0 Å². The SMILES string of the molecule is NC(=O)Nc1ccc(NC(=O)C(Oc2ccccc2)c2ccccc2)cc1. The zero-order chi connectivity index (χ0) is 19.1. The lowest BCUT2D eigenvalue weighted by atomic mass is 10.1. The summed E-state index contributed by atoms with van der Waals surface area (Å²) in [4.78, 5) is 23.7. The number of benzene rings is 3. The fourth-order valence-corrected chi connectivity index (χ4v) is 2.52. The van der Waals surface area contributed by atoms with E-state index in [9.17, 15) is 9.59 Å². The topological polar surface area (TPSA) is 93.5 Å². The van der Waals surface area contributed by atoms with E-state index in [1.165, 1.54) is 0 Å². The molecule has 3 rings (SSSR count). The van der Waals surface area contributed by atoms with E-state index in [1.807, 2.05) is 48.5 Å². The zero-order valence-electron chi connectivity index (χ0n) is 14.5. The second kappa shape index (κ2) is 8.53. The van der Waals surface area contributed by atoms with Crippen molar-refractivity contribution in [1.82, 2.24) is 0 Å². The lowest BCUT2D eigenvalue weighted by molar-refractivity contribution is -0.123. The van der Waals surface area contributed by atoms with E-state index in [0.717, 1.165) is 5.56 Å². The minimum atomic E-state index is -0.808. The van der Waals surface area contributed by atoms with Crippen molar-refractivity contribution in [3.63, 3.8) is 0 Å². The second-order valence-corrected chi connectivity index (χ2v) is 5.78. The van der Waals surface area contributed by atoms with Gasteiger partial charge in [0.1, 0.15) is 5.75 Å². The lowest BCUT2D eigenvalue weighted by Gasteiger charge is -2.19. The van der Waals surface area contributed by atoms with Gasteiger partial charge < -0.3 is 21.1 Å². The van der Waals surface area contributed by atoms with Gasteiger partial charge in [-0.25, -0.2) is 4.79 Å². The maximum Gasteiger partial charge on any atom is 0.316 e. The number of amides is 3. The lowest BCUT2D eigenvalue weighted by Crippen LogP contribution is -2.25. The van der Waals surface area contributed by atoms with Crippen molar-refractivity contribution in [2.24, 2.45) is 5.73 Å². The van der Waals surface area contributed by atoms with Crippen molar-refractivity contribution in [2.75, 3.05) is 10.6 Å². The van der Waals surface area contributed by atoms with Crippen LogP contribution in [0.4, 0.5) is 16.2 Å². The standard InChI is InChI=1S/C21H19N3O3/c22-21(26)24-17-13-11-16(12-14-17)23-20(25)19(15-7-3-1-4-8-15)27-18-9-5-2-6-10-18/h1-14,19H,(H,23,25)(H3,22,24,26). The Morgan fingerprint density at radius 1 is 0.741 bits per heavy atom. The molecular formula is C21H19N3O3. The van der Waals surface area contributed by atoms with Crippen LogP contribution in [0.1, 0.15) is 11.7 Å². The molecule has 136 valence electrons. The molecule has 6 nitrogen and oxygen atoms in total. The van der Waals surface area contributed by atoms with E-state index in [2.05, 4.69) is 10.6 Å². The molecule has 0 radical (unpaired) electrons. The van der Waals surface area contributed by atoms with Gasteiger partial charge in [-0.05, 0) is 36.4 Å². The maximum absolute atomic E-state index is 12.9. The smallest absolute Gasteiger partial charge is 0.316 e. The molecule has 3 aromatic rings. The van der Waals surface area contributed by atoms with E-state index in [0.29, 0.717) is 17.1 Å². The number of urea groups is 1. The summed E-state index contributed by atoms with van der Waals surface area (Å²) >= 11 is 0. The highest BCUT2D eigenvalue weighted by Crippen LogP contribution is 2.24. The van der Waals surface area contributed by atoms with Crippen LogP contribution < -0.4 is 21.1 Å². The number of nitrogens with one attached hydrogen (secondary N) is 2. The summed E-state index contributed by atoms with van der Waals surface area (Å²) in [6.07, 6.45) is -0.808. The van der Waals surface area contributed by atoms with Crippen LogP contribution >= 0.6 is 0 Å². The zero-order valence-corrected chi connectivity index (χ0v) is 14.5. The summed E-state index contributed by atoms with van der Waals surface area (Å²) in [5.74, 6) is 0.295. The molecule has 0 aromatic heterocycles. The summed E-state index contributed by atoms with van der Waals surface area (Å²) in [5, 5.41) is 5.30. The molecule has 0 aliphatic carbocycles. The molecule has 0 saturated carbocycles. The third kappa shape index (κ3) is 5.09. The first kappa shape index (κ1) is 18.0. The minimum Gasteiger partial charge on any atom is -0.476 e. The van der Waals surface area contributed by atoms with Crippen molar-refractivity contribution in [3.8, 4) is 5.75 Å². The van der Waals surface area contributed by atoms with Crippen LogP contribution in [0.2, 0.25) is 0 Å². The number of ether oxygens (including phenoxy) is 1. The van der Waals surface area contributed by atoms with E-state index < -0.39 is 12.1 Å².